The second kappa shape index (κ2) is 7.82. The smallest absolute Gasteiger partial charge is 0.272 e. The van der Waals surface area contributed by atoms with Crippen LogP contribution in [0.25, 0.3) is 10.8 Å². The molecular weight excluding hydrogens is 336 g/mol. The van der Waals surface area contributed by atoms with Crippen LogP contribution in [-0.2, 0) is 6.42 Å². The number of nitrogens with zero attached hydrogens (tertiary/aromatic N) is 4. The van der Waals surface area contributed by atoms with Crippen LogP contribution in [-0.4, -0.2) is 38.8 Å². The van der Waals surface area contributed by atoms with Crippen LogP contribution in [0.3, 0.4) is 0 Å². The molecule has 1 aliphatic heterocycles. The maximum Gasteiger partial charge on any atom is 0.272 e. The number of amides is 1. The minimum Gasteiger partial charge on any atom is -0.337 e. The Morgan fingerprint density at radius 2 is 2.04 bits per heavy atom. The molecule has 3 aromatic rings. The van der Waals surface area contributed by atoms with Crippen LogP contribution >= 0.6 is 0 Å². The molecule has 5 nitrogen and oxygen atoms in total. The fourth-order valence-corrected chi connectivity index (χ4v) is 3.90. The van der Waals surface area contributed by atoms with Gasteiger partial charge in [0, 0.05) is 37.1 Å². The molecule has 5 heteroatoms. The Balaban J connectivity index is 1.41. The molecule has 1 saturated heterocycles. The van der Waals surface area contributed by atoms with E-state index in [-0.39, 0.29) is 5.91 Å². The molecule has 0 bridgehead atoms. The molecule has 0 saturated carbocycles. The van der Waals surface area contributed by atoms with Crippen LogP contribution in [0.15, 0.2) is 48.9 Å². The summed E-state index contributed by atoms with van der Waals surface area (Å²) in [5.74, 6) is 1.27. The van der Waals surface area contributed by atoms with Crippen molar-refractivity contribution in [3.8, 4) is 0 Å². The van der Waals surface area contributed by atoms with Gasteiger partial charge < -0.3 is 4.90 Å². The van der Waals surface area contributed by atoms with E-state index in [4.69, 9.17) is 0 Å². The van der Waals surface area contributed by atoms with E-state index >= 15 is 0 Å². The van der Waals surface area contributed by atoms with Crippen LogP contribution in [0, 0.1) is 12.8 Å². The molecule has 0 aliphatic carbocycles. The van der Waals surface area contributed by atoms with Gasteiger partial charge in [0.25, 0.3) is 5.91 Å². The number of carbonyl (C=O) groups excluding carboxylic acids is 1. The first-order valence-electron chi connectivity index (χ1n) is 9.60. The van der Waals surface area contributed by atoms with Crippen molar-refractivity contribution in [3.05, 3.63) is 66.0 Å². The lowest BCUT2D eigenvalue weighted by molar-refractivity contribution is 0.0753. The van der Waals surface area contributed by atoms with Gasteiger partial charge in [-0.3, -0.25) is 9.78 Å². The van der Waals surface area contributed by atoms with E-state index in [9.17, 15) is 4.79 Å². The summed E-state index contributed by atoms with van der Waals surface area (Å²) in [4.78, 5) is 27.2. The maximum atomic E-state index is 12.7. The van der Waals surface area contributed by atoms with Crippen molar-refractivity contribution < 1.29 is 4.79 Å². The molecule has 1 aliphatic rings. The number of hydrogen-bond donors (Lipinski definition) is 0. The lowest BCUT2D eigenvalue weighted by Crippen LogP contribution is -2.32. The molecule has 138 valence electrons. The first-order chi connectivity index (χ1) is 13.2. The van der Waals surface area contributed by atoms with Crippen LogP contribution in [0.4, 0.5) is 0 Å². The zero-order chi connectivity index (χ0) is 18.6. The highest BCUT2D eigenvalue weighted by Crippen LogP contribution is 2.24. The van der Waals surface area contributed by atoms with Crippen molar-refractivity contribution in [1.29, 1.82) is 0 Å². The van der Waals surface area contributed by atoms with E-state index in [2.05, 4.69) is 39.2 Å². The predicted octanol–water partition coefficient (Wildman–Crippen LogP) is 3.82. The Morgan fingerprint density at radius 1 is 1.11 bits per heavy atom. The molecule has 1 amide bonds. The number of carbonyl (C=O) groups is 1. The van der Waals surface area contributed by atoms with Crippen molar-refractivity contribution in [2.75, 3.05) is 13.1 Å². The highest BCUT2D eigenvalue weighted by atomic mass is 16.2. The maximum absolute atomic E-state index is 12.7. The second-order valence-corrected chi connectivity index (χ2v) is 7.34. The van der Waals surface area contributed by atoms with Gasteiger partial charge in [0.15, 0.2) is 0 Å². The summed E-state index contributed by atoms with van der Waals surface area (Å²) >= 11 is 0. The summed E-state index contributed by atoms with van der Waals surface area (Å²) in [6, 6.07) is 10.4. The van der Waals surface area contributed by atoms with Gasteiger partial charge in [0.05, 0.1) is 0 Å². The highest BCUT2D eigenvalue weighted by molar-refractivity contribution is 5.92. The summed E-state index contributed by atoms with van der Waals surface area (Å²) in [6.07, 6.45) is 9.70. The van der Waals surface area contributed by atoms with Crippen molar-refractivity contribution >= 4 is 16.7 Å². The molecule has 0 unspecified atom stereocenters. The average Bonchev–Trinajstić information content (AvgIpc) is 2.93. The van der Waals surface area contributed by atoms with Gasteiger partial charge in [-0.15, -0.1) is 0 Å². The van der Waals surface area contributed by atoms with Crippen LogP contribution in [0.2, 0.25) is 0 Å². The number of aromatic nitrogens is 3. The molecule has 2 aromatic heterocycles. The van der Waals surface area contributed by atoms with Crippen LogP contribution in [0.1, 0.15) is 41.1 Å². The third-order valence-electron chi connectivity index (χ3n) is 5.36. The Kier molecular flexibility index (Phi) is 5.10. The Morgan fingerprint density at radius 3 is 2.93 bits per heavy atom. The van der Waals surface area contributed by atoms with Crippen molar-refractivity contribution in [3.63, 3.8) is 0 Å². The van der Waals surface area contributed by atoms with Gasteiger partial charge >= 0.3 is 0 Å². The first-order valence-corrected chi connectivity index (χ1v) is 9.60. The summed E-state index contributed by atoms with van der Waals surface area (Å²) in [5.41, 5.74) is 1.87. The standard InChI is InChI=1S/C22H24N4O/c1-16-24-10-7-21(25-16)22(27)26-11-2-3-17(8-12-26)13-18-4-5-20-15-23-9-6-19(20)14-18/h4-7,9-10,14-15,17H,2-3,8,11-13H2,1H3/t17-/m1/s1. The zero-order valence-corrected chi connectivity index (χ0v) is 15.6. The zero-order valence-electron chi connectivity index (χ0n) is 15.6. The van der Waals surface area contributed by atoms with E-state index in [1.165, 1.54) is 16.3 Å². The number of likely N-dealkylation sites (tertiary alicyclic amines) is 1. The number of aryl methyl sites for hydroxylation is 1. The minimum atomic E-state index is 0.0272. The number of fused-ring (bicyclic) bond motifs is 1. The SMILES string of the molecule is Cc1nccc(C(=O)N2CCC[C@@H](Cc3ccc4cnccc4c3)CC2)n1. The summed E-state index contributed by atoms with van der Waals surface area (Å²) < 4.78 is 0. The normalized spacial score (nSPS) is 17.7. The molecule has 4 rings (SSSR count). The van der Waals surface area contributed by atoms with Crippen molar-refractivity contribution in [1.82, 2.24) is 19.9 Å². The van der Waals surface area contributed by atoms with Gasteiger partial charge in [0.2, 0.25) is 0 Å². The highest BCUT2D eigenvalue weighted by Gasteiger charge is 2.22. The minimum absolute atomic E-state index is 0.0272. The summed E-state index contributed by atoms with van der Waals surface area (Å²) in [5, 5.41) is 2.42. The average molecular weight is 360 g/mol. The van der Waals surface area contributed by atoms with Crippen molar-refractivity contribution in [2.45, 2.75) is 32.6 Å². The van der Waals surface area contributed by atoms with E-state index < -0.39 is 0 Å². The predicted molar refractivity (Wildman–Crippen MR) is 105 cm³/mol. The van der Waals surface area contributed by atoms with Gasteiger partial charge in [-0.2, -0.15) is 0 Å². The Bertz CT molecular complexity index is 956. The summed E-state index contributed by atoms with van der Waals surface area (Å²) in [6.45, 7) is 3.42. The molecule has 1 atom stereocenters. The molecule has 1 aromatic carbocycles. The third kappa shape index (κ3) is 4.13. The van der Waals surface area contributed by atoms with Crippen LogP contribution < -0.4 is 0 Å². The van der Waals surface area contributed by atoms with Gasteiger partial charge in [0.1, 0.15) is 11.5 Å². The molecule has 3 heterocycles. The van der Waals surface area contributed by atoms with E-state index in [0.29, 0.717) is 17.4 Å². The second-order valence-electron chi connectivity index (χ2n) is 7.34. The fourth-order valence-electron chi connectivity index (χ4n) is 3.90. The molecular formula is C22H24N4O. The lowest BCUT2D eigenvalue weighted by atomic mass is 9.92. The lowest BCUT2D eigenvalue weighted by Gasteiger charge is -2.20. The monoisotopic (exact) mass is 360 g/mol. The van der Waals surface area contributed by atoms with Crippen molar-refractivity contribution in [2.24, 2.45) is 5.92 Å². The molecule has 0 spiro atoms. The topological polar surface area (TPSA) is 59.0 Å². The van der Waals surface area contributed by atoms with E-state index in [1.54, 1.807) is 12.3 Å². The fraction of sp³-hybridized carbons (Fsp3) is 0.364. The largest absolute Gasteiger partial charge is 0.337 e. The van der Waals surface area contributed by atoms with E-state index in [1.807, 2.05) is 24.2 Å². The summed E-state index contributed by atoms with van der Waals surface area (Å²) in [7, 11) is 0. The van der Waals surface area contributed by atoms with Crippen LogP contribution in [0.5, 0.6) is 0 Å². The number of rotatable bonds is 3. The van der Waals surface area contributed by atoms with Gasteiger partial charge in [-0.1, -0.05) is 18.2 Å². The van der Waals surface area contributed by atoms with E-state index in [0.717, 1.165) is 38.8 Å². The number of pyridine rings is 1. The van der Waals surface area contributed by atoms with Gasteiger partial charge in [-0.05, 0) is 61.6 Å². The third-order valence-corrected chi connectivity index (χ3v) is 5.36. The Hall–Kier alpha value is -2.82. The molecule has 1 fully saturated rings. The first kappa shape index (κ1) is 17.6. The molecule has 27 heavy (non-hydrogen) atoms. The van der Waals surface area contributed by atoms with Gasteiger partial charge in [-0.25, -0.2) is 9.97 Å². The molecule has 0 radical (unpaired) electrons. The number of benzene rings is 1. The molecule has 0 N–H and O–H groups in total. The number of hydrogen-bond acceptors (Lipinski definition) is 4. The Labute approximate surface area is 159 Å². The quantitative estimate of drug-likeness (QED) is 0.712.